The molecule has 4 heteroatoms. The summed E-state index contributed by atoms with van der Waals surface area (Å²) >= 11 is 0. The van der Waals surface area contributed by atoms with Crippen molar-refractivity contribution in [3.63, 3.8) is 0 Å². The van der Waals surface area contributed by atoms with Crippen molar-refractivity contribution in [2.75, 3.05) is 6.61 Å². The normalized spacial score (nSPS) is 29.5. The molecule has 1 aliphatic rings. The third-order valence-electron chi connectivity index (χ3n) is 3.67. The van der Waals surface area contributed by atoms with Gasteiger partial charge in [-0.2, -0.15) is 0 Å². The molecule has 16 heavy (non-hydrogen) atoms. The van der Waals surface area contributed by atoms with Crippen LogP contribution in [0.25, 0.3) is 0 Å². The van der Waals surface area contributed by atoms with Crippen molar-refractivity contribution in [2.24, 2.45) is 17.6 Å². The van der Waals surface area contributed by atoms with Gasteiger partial charge in [0.1, 0.15) is 0 Å². The van der Waals surface area contributed by atoms with E-state index in [0.29, 0.717) is 0 Å². The van der Waals surface area contributed by atoms with Crippen molar-refractivity contribution < 1.29 is 9.90 Å². The SMILES string of the molecule is CC(CO)C(C)NC(=O)C1CCCCC1N. The molecule has 0 aromatic rings. The zero-order valence-corrected chi connectivity index (χ0v) is 10.3. The Bertz CT molecular complexity index is 233. The maximum absolute atomic E-state index is 12.0. The average Bonchev–Trinajstić information content (AvgIpc) is 2.28. The van der Waals surface area contributed by atoms with Crippen LogP contribution in [0.4, 0.5) is 0 Å². The third-order valence-corrected chi connectivity index (χ3v) is 3.67. The molecule has 0 aromatic heterocycles. The van der Waals surface area contributed by atoms with Gasteiger partial charge in [0, 0.05) is 18.7 Å². The lowest BCUT2D eigenvalue weighted by molar-refractivity contribution is -0.127. The van der Waals surface area contributed by atoms with Gasteiger partial charge >= 0.3 is 0 Å². The van der Waals surface area contributed by atoms with Gasteiger partial charge in [-0.15, -0.1) is 0 Å². The Balaban J connectivity index is 2.44. The summed E-state index contributed by atoms with van der Waals surface area (Å²) in [5, 5.41) is 12.0. The fourth-order valence-electron chi connectivity index (χ4n) is 2.12. The maximum Gasteiger partial charge on any atom is 0.224 e. The molecule has 0 bridgehead atoms. The van der Waals surface area contributed by atoms with E-state index >= 15 is 0 Å². The smallest absolute Gasteiger partial charge is 0.224 e. The highest BCUT2D eigenvalue weighted by atomic mass is 16.3. The molecule has 4 atom stereocenters. The van der Waals surface area contributed by atoms with Crippen molar-refractivity contribution in [3.8, 4) is 0 Å². The second-order valence-corrected chi connectivity index (χ2v) is 5.01. The van der Waals surface area contributed by atoms with Gasteiger partial charge in [-0.25, -0.2) is 0 Å². The van der Waals surface area contributed by atoms with Crippen molar-refractivity contribution in [3.05, 3.63) is 0 Å². The number of amides is 1. The maximum atomic E-state index is 12.0. The fraction of sp³-hybridized carbons (Fsp3) is 0.917. The average molecular weight is 228 g/mol. The number of hydrogen-bond donors (Lipinski definition) is 3. The number of nitrogens with one attached hydrogen (secondary N) is 1. The zero-order valence-electron chi connectivity index (χ0n) is 10.3. The van der Waals surface area contributed by atoms with E-state index < -0.39 is 0 Å². The summed E-state index contributed by atoms with van der Waals surface area (Å²) in [4.78, 5) is 12.0. The molecule has 1 rings (SSSR count). The summed E-state index contributed by atoms with van der Waals surface area (Å²) in [6.45, 7) is 3.94. The minimum Gasteiger partial charge on any atom is -0.396 e. The Morgan fingerprint density at radius 3 is 2.62 bits per heavy atom. The highest BCUT2D eigenvalue weighted by Gasteiger charge is 2.29. The van der Waals surface area contributed by atoms with E-state index in [0.717, 1.165) is 25.7 Å². The van der Waals surface area contributed by atoms with Gasteiger partial charge in [-0.05, 0) is 25.7 Å². The molecule has 4 N–H and O–H groups in total. The summed E-state index contributed by atoms with van der Waals surface area (Å²) in [7, 11) is 0. The molecule has 0 aliphatic heterocycles. The number of rotatable bonds is 4. The standard InChI is InChI=1S/C12H24N2O2/c1-8(7-15)9(2)14-12(16)10-5-3-4-6-11(10)13/h8-11,15H,3-7,13H2,1-2H3,(H,14,16). The molecule has 4 nitrogen and oxygen atoms in total. The van der Waals surface area contributed by atoms with Crippen molar-refractivity contribution in [1.82, 2.24) is 5.32 Å². The van der Waals surface area contributed by atoms with Crippen LogP contribution >= 0.6 is 0 Å². The van der Waals surface area contributed by atoms with Crippen LogP contribution < -0.4 is 11.1 Å². The van der Waals surface area contributed by atoms with E-state index in [4.69, 9.17) is 10.8 Å². The lowest BCUT2D eigenvalue weighted by Gasteiger charge is -2.29. The number of carbonyl (C=O) groups is 1. The molecule has 0 spiro atoms. The molecule has 94 valence electrons. The number of aliphatic hydroxyl groups is 1. The minimum atomic E-state index is -0.0397. The van der Waals surface area contributed by atoms with Gasteiger partial charge < -0.3 is 16.2 Å². The predicted octanol–water partition coefficient (Wildman–Crippen LogP) is 0.637. The minimum absolute atomic E-state index is 0.00498. The number of nitrogens with two attached hydrogens (primary N) is 1. The molecule has 0 heterocycles. The van der Waals surface area contributed by atoms with Gasteiger partial charge in [0.15, 0.2) is 0 Å². The molecule has 1 aliphatic carbocycles. The summed E-state index contributed by atoms with van der Waals surface area (Å²) in [6.07, 6.45) is 4.07. The lowest BCUT2D eigenvalue weighted by Crippen LogP contribution is -2.48. The first-order chi connectivity index (χ1) is 7.56. The topological polar surface area (TPSA) is 75.3 Å². The molecule has 1 amide bonds. The molecule has 1 saturated carbocycles. The van der Waals surface area contributed by atoms with E-state index in [1.807, 2.05) is 13.8 Å². The summed E-state index contributed by atoms with van der Waals surface area (Å²) in [6, 6.07) is 0.0111. The van der Waals surface area contributed by atoms with Crippen LogP contribution in [0.2, 0.25) is 0 Å². The Kier molecular flexibility index (Phi) is 5.22. The fourth-order valence-corrected chi connectivity index (χ4v) is 2.12. The van der Waals surface area contributed by atoms with Crippen LogP contribution in [0.3, 0.4) is 0 Å². The second kappa shape index (κ2) is 6.21. The quantitative estimate of drug-likeness (QED) is 0.661. The Labute approximate surface area is 97.6 Å². The highest BCUT2D eigenvalue weighted by Crippen LogP contribution is 2.23. The Hall–Kier alpha value is -0.610. The van der Waals surface area contributed by atoms with E-state index in [2.05, 4.69) is 5.32 Å². The number of aliphatic hydroxyl groups excluding tert-OH is 1. The zero-order chi connectivity index (χ0) is 12.1. The molecule has 0 radical (unpaired) electrons. The third kappa shape index (κ3) is 3.46. The van der Waals surface area contributed by atoms with Gasteiger partial charge in [0.05, 0.1) is 5.92 Å². The van der Waals surface area contributed by atoms with E-state index in [-0.39, 0.29) is 36.4 Å². The summed E-state index contributed by atoms with van der Waals surface area (Å²) in [5.74, 6) is 0.103. The molecular weight excluding hydrogens is 204 g/mol. The molecule has 0 saturated heterocycles. The van der Waals surface area contributed by atoms with Crippen molar-refractivity contribution in [1.29, 1.82) is 0 Å². The van der Waals surface area contributed by atoms with E-state index in [1.54, 1.807) is 0 Å². The highest BCUT2D eigenvalue weighted by molar-refractivity contribution is 5.79. The monoisotopic (exact) mass is 228 g/mol. The molecule has 1 fully saturated rings. The van der Waals surface area contributed by atoms with Crippen molar-refractivity contribution >= 4 is 5.91 Å². The van der Waals surface area contributed by atoms with E-state index in [1.165, 1.54) is 0 Å². The van der Waals surface area contributed by atoms with Crippen LogP contribution in [0.15, 0.2) is 0 Å². The van der Waals surface area contributed by atoms with Gasteiger partial charge in [-0.3, -0.25) is 4.79 Å². The van der Waals surface area contributed by atoms with Crippen LogP contribution in [-0.2, 0) is 4.79 Å². The number of hydrogen-bond acceptors (Lipinski definition) is 3. The van der Waals surface area contributed by atoms with Gasteiger partial charge in [0.2, 0.25) is 5.91 Å². The molecular formula is C12H24N2O2. The summed E-state index contributed by atoms with van der Waals surface area (Å²) < 4.78 is 0. The first-order valence-corrected chi connectivity index (χ1v) is 6.23. The Morgan fingerprint density at radius 2 is 2.06 bits per heavy atom. The van der Waals surface area contributed by atoms with Gasteiger partial charge in [0.25, 0.3) is 0 Å². The predicted molar refractivity (Wildman–Crippen MR) is 63.8 cm³/mol. The van der Waals surface area contributed by atoms with Crippen LogP contribution in [0.5, 0.6) is 0 Å². The summed E-state index contributed by atoms with van der Waals surface area (Å²) in [5.41, 5.74) is 5.95. The molecule has 0 aromatic carbocycles. The largest absolute Gasteiger partial charge is 0.396 e. The second-order valence-electron chi connectivity index (χ2n) is 5.01. The number of carbonyl (C=O) groups excluding carboxylic acids is 1. The first kappa shape index (κ1) is 13.5. The molecule has 4 unspecified atom stereocenters. The van der Waals surface area contributed by atoms with Crippen LogP contribution in [-0.4, -0.2) is 29.7 Å². The first-order valence-electron chi connectivity index (χ1n) is 6.23. The Morgan fingerprint density at radius 1 is 1.44 bits per heavy atom. The lowest BCUT2D eigenvalue weighted by atomic mass is 9.84. The van der Waals surface area contributed by atoms with Gasteiger partial charge in [-0.1, -0.05) is 19.8 Å². The van der Waals surface area contributed by atoms with E-state index in [9.17, 15) is 4.79 Å². The van der Waals surface area contributed by atoms with Crippen molar-refractivity contribution in [2.45, 2.75) is 51.6 Å². The van der Waals surface area contributed by atoms with Crippen LogP contribution in [0, 0.1) is 11.8 Å². The van der Waals surface area contributed by atoms with Crippen LogP contribution in [0.1, 0.15) is 39.5 Å².